The molecule has 0 aliphatic carbocycles. The molecule has 0 fully saturated rings. The van der Waals surface area contributed by atoms with E-state index < -0.39 is 10.1 Å². The van der Waals surface area contributed by atoms with E-state index in [1.807, 2.05) is 27.7 Å². The predicted molar refractivity (Wildman–Crippen MR) is 127 cm³/mol. The largest absolute Gasteiger partial charge is 0.490 e. The van der Waals surface area contributed by atoms with Gasteiger partial charge in [0.05, 0.1) is 31.1 Å². The number of halogens is 1. The third-order valence-corrected chi connectivity index (χ3v) is 5.48. The zero-order valence-corrected chi connectivity index (χ0v) is 20.4. The van der Waals surface area contributed by atoms with E-state index in [-0.39, 0.29) is 15.9 Å². The standard InChI is InChI=1S/C21H27ClN4O6S/c1-5-29-17-12-15(18(22)20(31-7-3)19(17)30-6-2)13-24-25-21(23)26-32-33(27,28)16-10-8-14(4)9-11-16/h8-13H,5-7H2,1-4H3,(H3,23,25,26). The number of nitrogens with zero attached hydrogens (tertiary/aromatic N) is 2. The molecule has 2 aromatic rings. The van der Waals surface area contributed by atoms with E-state index in [2.05, 4.69) is 20.0 Å². The first-order chi connectivity index (χ1) is 15.7. The average molecular weight is 499 g/mol. The molecule has 0 radical (unpaired) electrons. The summed E-state index contributed by atoms with van der Waals surface area (Å²) in [6, 6.07) is 7.72. The second-order valence-electron chi connectivity index (χ2n) is 6.42. The summed E-state index contributed by atoms with van der Waals surface area (Å²) >= 11 is 6.47. The lowest BCUT2D eigenvalue weighted by atomic mass is 10.2. The van der Waals surface area contributed by atoms with E-state index in [1.165, 1.54) is 18.3 Å². The topological polar surface area (TPSA) is 134 Å². The van der Waals surface area contributed by atoms with Gasteiger partial charge in [0.25, 0.3) is 5.96 Å². The van der Waals surface area contributed by atoms with Gasteiger partial charge in [0.1, 0.15) is 4.90 Å². The lowest BCUT2D eigenvalue weighted by molar-refractivity contribution is 0.261. The fraction of sp³-hybridized carbons (Fsp3) is 0.333. The van der Waals surface area contributed by atoms with Crippen LogP contribution in [0, 0.1) is 6.92 Å². The number of oxime groups is 1. The van der Waals surface area contributed by atoms with Crippen LogP contribution < -0.4 is 25.4 Å². The Balaban J connectivity index is 2.20. The number of hydrazone groups is 1. The molecule has 0 amide bonds. The van der Waals surface area contributed by atoms with Crippen molar-refractivity contribution in [3.05, 3.63) is 46.5 Å². The Kier molecular flexibility index (Phi) is 9.61. The van der Waals surface area contributed by atoms with Crippen LogP contribution in [0.3, 0.4) is 0 Å². The van der Waals surface area contributed by atoms with Gasteiger partial charge in [-0.2, -0.15) is 13.5 Å². The quantitative estimate of drug-likeness (QED) is 0.273. The van der Waals surface area contributed by atoms with Crippen LogP contribution in [-0.2, 0) is 14.4 Å². The van der Waals surface area contributed by atoms with E-state index in [4.69, 9.17) is 31.5 Å². The van der Waals surface area contributed by atoms with Crippen molar-refractivity contribution in [2.75, 3.05) is 19.8 Å². The molecule has 3 N–H and O–H groups in total. The Morgan fingerprint density at radius 2 is 1.67 bits per heavy atom. The molecule has 2 rings (SSSR count). The van der Waals surface area contributed by atoms with Crippen molar-refractivity contribution in [3.8, 4) is 17.2 Å². The molecular weight excluding hydrogens is 472 g/mol. The van der Waals surface area contributed by atoms with Crippen molar-refractivity contribution in [1.29, 1.82) is 0 Å². The Labute approximate surface area is 198 Å². The maximum atomic E-state index is 12.2. The Bertz CT molecular complexity index is 1100. The molecular formula is C21H27ClN4O6S. The summed E-state index contributed by atoms with van der Waals surface area (Å²) in [5.74, 6) is 0.761. The summed E-state index contributed by atoms with van der Waals surface area (Å²) < 4.78 is 45.9. The van der Waals surface area contributed by atoms with Gasteiger partial charge in [0.2, 0.25) is 5.75 Å². The van der Waals surface area contributed by atoms with Crippen LogP contribution in [0.1, 0.15) is 31.9 Å². The van der Waals surface area contributed by atoms with Crippen molar-refractivity contribution in [3.63, 3.8) is 0 Å². The van der Waals surface area contributed by atoms with Crippen LogP contribution in [0.4, 0.5) is 0 Å². The van der Waals surface area contributed by atoms with Crippen LogP contribution >= 0.6 is 11.6 Å². The number of benzene rings is 2. The number of aryl methyl sites for hydroxylation is 1. The van der Waals surface area contributed by atoms with Crippen LogP contribution in [0.25, 0.3) is 0 Å². The van der Waals surface area contributed by atoms with Crippen molar-refractivity contribution >= 4 is 33.9 Å². The van der Waals surface area contributed by atoms with Gasteiger partial charge in [-0.15, -0.1) is 0 Å². The Morgan fingerprint density at radius 1 is 1.06 bits per heavy atom. The summed E-state index contributed by atoms with van der Waals surface area (Å²) in [5, 5.41) is 7.54. The molecule has 2 aromatic carbocycles. The molecule has 0 atom stereocenters. The molecule has 0 saturated carbocycles. The van der Waals surface area contributed by atoms with Crippen molar-refractivity contribution < 1.29 is 26.9 Å². The number of guanidine groups is 1. The molecule has 33 heavy (non-hydrogen) atoms. The van der Waals surface area contributed by atoms with Crippen LogP contribution in [0.5, 0.6) is 17.2 Å². The van der Waals surface area contributed by atoms with Crippen LogP contribution in [0.2, 0.25) is 5.02 Å². The monoisotopic (exact) mass is 498 g/mol. The van der Waals surface area contributed by atoms with Gasteiger partial charge in [-0.05, 0) is 51.0 Å². The second kappa shape index (κ2) is 12.2. The first kappa shape index (κ1) is 26.1. The predicted octanol–water partition coefficient (Wildman–Crippen LogP) is 3.40. The van der Waals surface area contributed by atoms with Crippen LogP contribution in [-0.4, -0.2) is 40.4 Å². The number of hydrogen-bond acceptors (Lipinski definition) is 8. The van der Waals surface area contributed by atoms with Gasteiger partial charge in [-0.25, -0.2) is 5.43 Å². The Hall–Kier alpha value is -3.18. The molecule has 0 spiro atoms. The minimum Gasteiger partial charge on any atom is -0.490 e. The van der Waals surface area contributed by atoms with Crippen molar-refractivity contribution in [2.45, 2.75) is 32.6 Å². The number of ether oxygens (including phenoxy) is 3. The lowest BCUT2D eigenvalue weighted by Crippen LogP contribution is -2.28. The fourth-order valence-corrected chi connectivity index (χ4v) is 3.53. The summed E-state index contributed by atoms with van der Waals surface area (Å²) in [6.07, 6.45) is 1.35. The summed E-state index contributed by atoms with van der Waals surface area (Å²) in [7, 11) is -4.12. The van der Waals surface area contributed by atoms with Gasteiger partial charge >= 0.3 is 10.1 Å². The van der Waals surface area contributed by atoms with Crippen molar-refractivity contribution in [1.82, 2.24) is 5.43 Å². The highest BCUT2D eigenvalue weighted by molar-refractivity contribution is 7.86. The fourth-order valence-electron chi connectivity index (χ4n) is 2.55. The smallest absolute Gasteiger partial charge is 0.358 e. The van der Waals surface area contributed by atoms with E-state index in [1.54, 1.807) is 18.2 Å². The molecule has 0 aliphatic rings. The molecule has 0 unspecified atom stereocenters. The first-order valence-corrected chi connectivity index (χ1v) is 11.9. The third kappa shape index (κ3) is 7.16. The highest BCUT2D eigenvalue weighted by Gasteiger charge is 2.20. The van der Waals surface area contributed by atoms with Crippen molar-refractivity contribution in [2.24, 2.45) is 16.0 Å². The zero-order chi connectivity index (χ0) is 24.4. The van der Waals surface area contributed by atoms with Gasteiger partial charge < -0.3 is 19.9 Å². The van der Waals surface area contributed by atoms with Gasteiger partial charge in [-0.1, -0.05) is 29.3 Å². The molecule has 0 heterocycles. The number of nitrogens with one attached hydrogen (secondary N) is 1. The minimum absolute atomic E-state index is 0.0544. The van der Waals surface area contributed by atoms with E-state index >= 15 is 0 Å². The number of hydrogen-bond donors (Lipinski definition) is 2. The number of rotatable bonds is 11. The molecule has 12 heteroatoms. The number of nitrogens with two attached hydrogens (primary N) is 1. The zero-order valence-electron chi connectivity index (χ0n) is 18.8. The molecule has 0 aliphatic heterocycles. The summed E-state index contributed by atoms with van der Waals surface area (Å²) in [5.41, 5.74) is 9.36. The highest BCUT2D eigenvalue weighted by Crippen LogP contribution is 2.44. The van der Waals surface area contributed by atoms with Crippen LogP contribution in [0.15, 0.2) is 45.5 Å². The molecule has 0 aromatic heterocycles. The van der Waals surface area contributed by atoms with Gasteiger partial charge in [-0.3, -0.25) is 4.28 Å². The minimum atomic E-state index is -4.12. The summed E-state index contributed by atoms with van der Waals surface area (Å²) in [4.78, 5) is -0.0544. The maximum absolute atomic E-state index is 12.2. The molecule has 180 valence electrons. The second-order valence-corrected chi connectivity index (χ2v) is 8.33. The average Bonchev–Trinajstić information content (AvgIpc) is 2.78. The van der Waals surface area contributed by atoms with E-state index in [9.17, 15) is 8.42 Å². The normalized spacial score (nSPS) is 12.0. The molecule has 0 saturated heterocycles. The molecule has 0 bridgehead atoms. The summed E-state index contributed by atoms with van der Waals surface area (Å²) in [6.45, 7) is 8.47. The van der Waals surface area contributed by atoms with Gasteiger partial charge in [0.15, 0.2) is 11.5 Å². The van der Waals surface area contributed by atoms with E-state index in [0.29, 0.717) is 42.6 Å². The Morgan fingerprint density at radius 3 is 2.27 bits per heavy atom. The lowest BCUT2D eigenvalue weighted by Gasteiger charge is -2.18. The van der Waals surface area contributed by atoms with E-state index in [0.717, 1.165) is 5.56 Å². The first-order valence-electron chi connectivity index (χ1n) is 10.1. The molecule has 10 nitrogen and oxygen atoms in total. The third-order valence-electron chi connectivity index (χ3n) is 3.97. The SMILES string of the molecule is CCOc1cc(C=NNC(N)=NOS(=O)(=O)c2ccc(C)cc2)c(Cl)c(OCC)c1OCC. The maximum Gasteiger partial charge on any atom is 0.358 e. The highest BCUT2D eigenvalue weighted by atomic mass is 35.5. The van der Waals surface area contributed by atoms with Gasteiger partial charge in [0, 0.05) is 5.56 Å².